The van der Waals surface area contributed by atoms with Crippen molar-refractivity contribution in [3.05, 3.63) is 0 Å². The highest BCUT2D eigenvalue weighted by Crippen LogP contribution is 2.13. The molecule has 0 aromatic carbocycles. The summed E-state index contributed by atoms with van der Waals surface area (Å²) in [5.41, 5.74) is 0. The summed E-state index contributed by atoms with van der Waals surface area (Å²) >= 11 is 0. The Kier molecular flexibility index (Phi) is 6.22. The summed E-state index contributed by atoms with van der Waals surface area (Å²) in [6.07, 6.45) is 2.05. The molecule has 0 bridgehead atoms. The van der Waals surface area contributed by atoms with Crippen molar-refractivity contribution in [3.8, 4) is 0 Å². The number of sulfonamides is 2. The standard InChI is InChI=1S/C11H24N2O4S2/c1-3-5-11-19(16,17)13-8-6-7-12(9-10-13)18(14,15)4-2/h3-11H2,1-2H3. The average molecular weight is 312 g/mol. The van der Waals surface area contributed by atoms with Gasteiger partial charge in [-0.25, -0.2) is 25.4 Å². The summed E-state index contributed by atoms with van der Waals surface area (Å²) in [4.78, 5) is 0. The first-order valence-corrected chi connectivity index (χ1v) is 10.0. The van der Waals surface area contributed by atoms with Crippen LogP contribution < -0.4 is 0 Å². The van der Waals surface area contributed by atoms with E-state index in [4.69, 9.17) is 0 Å². The lowest BCUT2D eigenvalue weighted by molar-refractivity contribution is 0.404. The number of hydrogen-bond acceptors (Lipinski definition) is 4. The Morgan fingerprint density at radius 3 is 1.84 bits per heavy atom. The van der Waals surface area contributed by atoms with Gasteiger partial charge in [0.2, 0.25) is 20.0 Å². The molecule has 114 valence electrons. The monoisotopic (exact) mass is 312 g/mol. The van der Waals surface area contributed by atoms with Gasteiger partial charge in [-0.1, -0.05) is 13.3 Å². The largest absolute Gasteiger partial charge is 0.214 e. The molecule has 0 radical (unpaired) electrons. The van der Waals surface area contributed by atoms with Crippen molar-refractivity contribution >= 4 is 20.0 Å². The van der Waals surface area contributed by atoms with Crippen molar-refractivity contribution in [1.29, 1.82) is 0 Å². The third-order valence-electron chi connectivity index (χ3n) is 3.32. The van der Waals surface area contributed by atoms with Gasteiger partial charge in [0, 0.05) is 26.2 Å². The highest BCUT2D eigenvalue weighted by molar-refractivity contribution is 7.89. The molecule has 0 atom stereocenters. The number of rotatable bonds is 6. The molecule has 0 unspecified atom stereocenters. The zero-order valence-corrected chi connectivity index (χ0v) is 13.3. The number of nitrogens with zero attached hydrogens (tertiary/aromatic N) is 2. The fourth-order valence-corrected chi connectivity index (χ4v) is 4.88. The molecule has 1 rings (SSSR count). The van der Waals surface area contributed by atoms with Crippen LogP contribution in [0.4, 0.5) is 0 Å². The molecule has 6 nitrogen and oxygen atoms in total. The normalized spacial score (nSPS) is 20.3. The molecule has 19 heavy (non-hydrogen) atoms. The van der Waals surface area contributed by atoms with Crippen molar-refractivity contribution in [3.63, 3.8) is 0 Å². The molecule has 1 fully saturated rings. The molecule has 0 spiro atoms. The first-order chi connectivity index (χ1) is 8.83. The van der Waals surface area contributed by atoms with Crippen molar-refractivity contribution in [2.45, 2.75) is 33.1 Å². The van der Waals surface area contributed by atoms with Gasteiger partial charge in [-0.05, 0) is 19.8 Å². The van der Waals surface area contributed by atoms with Crippen LogP contribution in [-0.2, 0) is 20.0 Å². The minimum atomic E-state index is -3.23. The predicted octanol–water partition coefficient (Wildman–Crippen LogP) is 0.474. The lowest BCUT2D eigenvalue weighted by atomic mass is 10.4. The third kappa shape index (κ3) is 4.70. The molecule has 0 amide bonds. The van der Waals surface area contributed by atoms with Crippen LogP contribution in [0, 0.1) is 0 Å². The molecule has 0 aromatic rings. The lowest BCUT2D eigenvalue weighted by Crippen LogP contribution is -2.38. The quantitative estimate of drug-likeness (QED) is 0.715. The van der Waals surface area contributed by atoms with Gasteiger partial charge in [0.15, 0.2) is 0 Å². The van der Waals surface area contributed by atoms with Gasteiger partial charge in [-0.2, -0.15) is 0 Å². The van der Waals surface area contributed by atoms with E-state index in [1.807, 2.05) is 6.92 Å². The van der Waals surface area contributed by atoms with E-state index in [-0.39, 0.29) is 24.6 Å². The van der Waals surface area contributed by atoms with E-state index < -0.39 is 20.0 Å². The maximum atomic E-state index is 12.1. The summed E-state index contributed by atoms with van der Waals surface area (Å²) in [5.74, 6) is 0.222. The maximum Gasteiger partial charge on any atom is 0.214 e. The minimum absolute atomic E-state index is 0.0651. The van der Waals surface area contributed by atoms with Crippen LogP contribution in [0.25, 0.3) is 0 Å². The van der Waals surface area contributed by atoms with Gasteiger partial charge >= 0.3 is 0 Å². The Hall–Kier alpha value is -0.180. The molecule has 0 N–H and O–H groups in total. The second kappa shape index (κ2) is 7.01. The second-order valence-electron chi connectivity index (χ2n) is 4.72. The van der Waals surface area contributed by atoms with Gasteiger partial charge in [0.1, 0.15) is 0 Å². The molecule has 1 aliphatic rings. The molecule has 8 heteroatoms. The van der Waals surface area contributed by atoms with Gasteiger partial charge in [0.05, 0.1) is 11.5 Å². The number of unbranched alkanes of at least 4 members (excludes halogenated alkanes) is 1. The van der Waals surface area contributed by atoms with Crippen LogP contribution in [0.15, 0.2) is 0 Å². The first kappa shape index (κ1) is 16.9. The summed E-state index contributed by atoms with van der Waals surface area (Å²) in [6, 6.07) is 0. The van der Waals surface area contributed by atoms with Crippen molar-refractivity contribution in [2.75, 3.05) is 37.7 Å². The summed E-state index contributed by atoms with van der Waals surface area (Å²) in [7, 11) is -6.45. The van der Waals surface area contributed by atoms with Crippen LogP contribution >= 0.6 is 0 Å². The van der Waals surface area contributed by atoms with Crippen LogP contribution in [0.5, 0.6) is 0 Å². The fourth-order valence-electron chi connectivity index (χ4n) is 2.06. The van der Waals surface area contributed by atoms with Crippen LogP contribution in [-0.4, -0.2) is 63.1 Å². The van der Waals surface area contributed by atoms with Gasteiger partial charge in [-0.15, -0.1) is 0 Å². The third-order valence-corrected chi connectivity index (χ3v) is 7.16. The Morgan fingerprint density at radius 2 is 1.37 bits per heavy atom. The van der Waals surface area contributed by atoms with E-state index >= 15 is 0 Å². The zero-order valence-electron chi connectivity index (χ0n) is 11.7. The second-order valence-corrected chi connectivity index (χ2v) is 9.07. The van der Waals surface area contributed by atoms with E-state index in [0.29, 0.717) is 25.9 Å². The molecule has 1 aliphatic heterocycles. The Morgan fingerprint density at radius 1 is 0.842 bits per heavy atom. The highest BCUT2D eigenvalue weighted by Gasteiger charge is 2.28. The van der Waals surface area contributed by atoms with Crippen molar-refractivity contribution < 1.29 is 16.8 Å². The predicted molar refractivity (Wildman–Crippen MR) is 75.9 cm³/mol. The molecule has 0 aliphatic carbocycles. The van der Waals surface area contributed by atoms with Crippen molar-refractivity contribution in [2.24, 2.45) is 0 Å². The lowest BCUT2D eigenvalue weighted by Gasteiger charge is -2.21. The summed E-state index contributed by atoms with van der Waals surface area (Å²) < 4.78 is 50.6. The first-order valence-electron chi connectivity index (χ1n) is 6.79. The summed E-state index contributed by atoms with van der Waals surface area (Å²) in [5, 5.41) is 0. The van der Waals surface area contributed by atoms with Crippen molar-refractivity contribution in [1.82, 2.24) is 8.61 Å². The SMILES string of the molecule is CCCCS(=O)(=O)N1CCCN(S(=O)(=O)CC)CC1. The molecule has 1 heterocycles. The fraction of sp³-hybridized carbons (Fsp3) is 1.00. The van der Waals surface area contributed by atoms with Gasteiger partial charge < -0.3 is 0 Å². The summed E-state index contributed by atoms with van der Waals surface area (Å²) in [6.45, 7) is 4.92. The zero-order chi connectivity index (χ0) is 14.5. The minimum Gasteiger partial charge on any atom is -0.212 e. The van der Waals surface area contributed by atoms with Gasteiger partial charge in [0.25, 0.3) is 0 Å². The highest BCUT2D eigenvalue weighted by atomic mass is 32.2. The topological polar surface area (TPSA) is 74.8 Å². The van der Waals surface area contributed by atoms with E-state index in [2.05, 4.69) is 0 Å². The van der Waals surface area contributed by atoms with Crippen LogP contribution in [0.2, 0.25) is 0 Å². The average Bonchev–Trinajstić information content (AvgIpc) is 2.63. The van der Waals surface area contributed by atoms with E-state index in [1.54, 1.807) is 6.92 Å². The van der Waals surface area contributed by atoms with E-state index in [9.17, 15) is 16.8 Å². The Labute approximate surface area is 116 Å². The Balaban J connectivity index is 2.69. The van der Waals surface area contributed by atoms with E-state index in [1.165, 1.54) is 8.61 Å². The molecule has 0 aromatic heterocycles. The Bertz CT molecular complexity index is 473. The maximum absolute atomic E-state index is 12.1. The smallest absolute Gasteiger partial charge is 0.212 e. The van der Waals surface area contributed by atoms with Gasteiger partial charge in [-0.3, -0.25) is 0 Å². The van der Waals surface area contributed by atoms with Crippen LogP contribution in [0.3, 0.4) is 0 Å². The van der Waals surface area contributed by atoms with Crippen LogP contribution in [0.1, 0.15) is 33.1 Å². The molecule has 1 saturated heterocycles. The molecular formula is C11H24N2O4S2. The van der Waals surface area contributed by atoms with E-state index in [0.717, 1.165) is 6.42 Å². The molecule has 0 saturated carbocycles. The molecular weight excluding hydrogens is 288 g/mol. The number of hydrogen-bond donors (Lipinski definition) is 0.